The van der Waals surface area contributed by atoms with Gasteiger partial charge in [0.15, 0.2) is 5.84 Å². The van der Waals surface area contributed by atoms with Gasteiger partial charge in [0, 0.05) is 13.2 Å². The molecule has 1 aliphatic carbocycles. The Balaban J connectivity index is 2.34. The molecular formula is C12H21N5O3S. The summed E-state index contributed by atoms with van der Waals surface area (Å²) in [4.78, 5) is 0.0689. The van der Waals surface area contributed by atoms with Gasteiger partial charge >= 0.3 is 0 Å². The Labute approximate surface area is 124 Å². The van der Waals surface area contributed by atoms with Crippen molar-refractivity contribution < 1.29 is 13.6 Å². The third-order valence-electron chi connectivity index (χ3n) is 3.88. The molecule has 0 bridgehead atoms. The number of aryl methyl sites for hydroxylation is 1. The van der Waals surface area contributed by atoms with Crippen LogP contribution in [0.4, 0.5) is 0 Å². The van der Waals surface area contributed by atoms with Crippen molar-refractivity contribution in [1.82, 2.24) is 14.5 Å². The Morgan fingerprint density at radius 2 is 2.05 bits per heavy atom. The Morgan fingerprint density at radius 3 is 2.52 bits per heavy atom. The smallest absolute Gasteiger partial charge is 0.244 e. The van der Waals surface area contributed by atoms with Gasteiger partial charge in [-0.2, -0.15) is 9.82 Å². The van der Waals surface area contributed by atoms with Crippen molar-refractivity contribution in [2.45, 2.75) is 49.0 Å². The van der Waals surface area contributed by atoms with Crippen LogP contribution in [0.3, 0.4) is 0 Å². The van der Waals surface area contributed by atoms with Gasteiger partial charge in [0.2, 0.25) is 10.0 Å². The van der Waals surface area contributed by atoms with E-state index in [1.165, 1.54) is 17.1 Å². The standard InChI is InChI=1S/C12H21N5O3S/c1-17-9-10(8-14-17)21(19,20)16-12(11(13)15-18)6-4-2-3-5-7-12/h8-9,16,18H,2-7H2,1H3,(H2,13,15). The summed E-state index contributed by atoms with van der Waals surface area (Å²) in [5.74, 6) is -0.0862. The van der Waals surface area contributed by atoms with E-state index in [-0.39, 0.29) is 10.7 Å². The maximum atomic E-state index is 12.5. The van der Waals surface area contributed by atoms with Crippen LogP contribution in [0.15, 0.2) is 22.4 Å². The van der Waals surface area contributed by atoms with Crippen LogP contribution in [-0.2, 0) is 17.1 Å². The molecule has 1 aliphatic rings. The molecule has 9 heteroatoms. The molecule has 0 amide bonds. The molecule has 1 aromatic heterocycles. The van der Waals surface area contributed by atoms with Crippen molar-refractivity contribution in [3.63, 3.8) is 0 Å². The first-order chi connectivity index (χ1) is 9.89. The maximum absolute atomic E-state index is 12.5. The summed E-state index contributed by atoms with van der Waals surface area (Å²) < 4.78 is 29.0. The van der Waals surface area contributed by atoms with Gasteiger partial charge in [-0.05, 0) is 12.8 Å². The fourth-order valence-electron chi connectivity index (χ4n) is 2.69. The Hall–Kier alpha value is -1.61. The van der Waals surface area contributed by atoms with Crippen molar-refractivity contribution in [3.8, 4) is 0 Å². The lowest BCUT2D eigenvalue weighted by Gasteiger charge is -2.31. The minimum Gasteiger partial charge on any atom is -0.409 e. The first kappa shape index (κ1) is 15.8. The van der Waals surface area contributed by atoms with Gasteiger partial charge in [-0.3, -0.25) is 4.68 Å². The summed E-state index contributed by atoms with van der Waals surface area (Å²) in [6, 6.07) is 0. The number of amidine groups is 1. The maximum Gasteiger partial charge on any atom is 0.244 e. The third-order valence-corrected chi connectivity index (χ3v) is 5.37. The van der Waals surface area contributed by atoms with E-state index in [2.05, 4.69) is 15.0 Å². The highest BCUT2D eigenvalue weighted by molar-refractivity contribution is 7.89. The molecule has 0 aromatic carbocycles. The molecule has 118 valence electrons. The molecule has 1 saturated carbocycles. The van der Waals surface area contributed by atoms with Gasteiger partial charge in [-0.1, -0.05) is 30.8 Å². The van der Waals surface area contributed by atoms with Crippen LogP contribution in [0.1, 0.15) is 38.5 Å². The lowest BCUT2D eigenvalue weighted by molar-refractivity contribution is 0.306. The molecule has 0 aliphatic heterocycles. The summed E-state index contributed by atoms with van der Waals surface area (Å²) >= 11 is 0. The van der Waals surface area contributed by atoms with Crippen molar-refractivity contribution >= 4 is 15.9 Å². The van der Waals surface area contributed by atoms with E-state index in [1.54, 1.807) is 7.05 Å². The molecule has 1 aromatic rings. The van der Waals surface area contributed by atoms with Crippen LogP contribution in [-0.4, -0.2) is 34.8 Å². The van der Waals surface area contributed by atoms with Crippen molar-refractivity contribution in [3.05, 3.63) is 12.4 Å². The summed E-state index contributed by atoms with van der Waals surface area (Å²) in [7, 11) is -2.13. The average molecular weight is 315 g/mol. The lowest BCUT2D eigenvalue weighted by atomic mass is 9.90. The van der Waals surface area contributed by atoms with Crippen LogP contribution < -0.4 is 10.5 Å². The molecule has 1 heterocycles. The zero-order chi connectivity index (χ0) is 15.5. The Kier molecular flexibility index (Phi) is 4.52. The number of nitrogens with two attached hydrogens (primary N) is 1. The fraction of sp³-hybridized carbons (Fsp3) is 0.667. The zero-order valence-electron chi connectivity index (χ0n) is 12.0. The molecule has 0 atom stereocenters. The fourth-order valence-corrected chi connectivity index (χ4v) is 4.11. The van der Waals surface area contributed by atoms with Crippen LogP contribution >= 0.6 is 0 Å². The molecule has 21 heavy (non-hydrogen) atoms. The van der Waals surface area contributed by atoms with Gasteiger partial charge < -0.3 is 10.9 Å². The molecule has 8 nitrogen and oxygen atoms in total. The van der Waals surface area contributed by atoms with Crippen molar-refractivity contribution in [2.75, 3.05) is 0 Å². The third kappa shape index (κ3) is 3.35. The molecule has 0 saturated heterocycles. The van der Waals surface area contributed by atoms with E-state index in [4.69, 9.17) is 10.9 Å². The molecule has 0 spiro atoms. The van der Waals surface area contributed by atoms with E-state index in [0.717, 1.165) is 25.7 Å². The highest BCUT2D eigenvalue weighted by Crippen LogP contribution is 2.29. The molecule has 4 N–H and O–H groups in total. The second-order valence-electron chi connectivity index (χ2n) is 5.44. The quantitative estimate of drug-likeness (QED) is 0.246. The van der Waals surface area contributed by atoms with E-state index >= 15 is 0 Å². The summed E-state index contributed by atoms with van der Waals surface area (Å²) in [6.07, 6.45) is 7.39. The lowest BCUT2D eigenvalue weighted by Crippen LogP contribution is -2.57. The van der Waals surface area contributed by atoms with Gasteiger partial charge in [0.25, 0.3) is 0 Å². The number of nitrogens with zero attached hydrogens (tertiary/aromatic N) is 3. The normalized spacial score (nSPS) is 20.1. The highest BCUT2D eigenvalue weighted by atomic mass is 32.2. The van der Waals surface area contributed by atoms with Gasteiger partial charge in [-0.25, -0.2) is 8.42 Å². The monoisotopic (exact) mass is 315 g/mol. The van der Waals surface area contributed by atoms with Crippen molar-refractivity contribution in [1.29, 1.82) is 0 Å². The first-order valence-electron chi connectivity index (χ1n) is 6.90. The molecule has 0 unspecified atom stereocenters. The number of hydrogen-bond donors (Lipinski definition) is 3. The summed E-state index contributed by atoms with van der Waals surface area (Å²) in [6.45, 7) is 0. The van der Waals surface area contributed by atoms with Gasteiger partial charge in [0.05, 0.1) is 11.7 Å². The highest BCUT2D eigenvalue weighted by Gasteiger charge is 2.40. The molecule has 0 radical (unpaired) electrons. The predicted octanol–water partition coefficient (Wildman–Crippen LogP) is 0.538. The summed E-state index contributed by atoms with van der Waals surface area (Å²) in [5, 5.41) is 16.0. The Morgan fingerprint density at radius 1 is 1.43 bits per heavy atom. The first-order valence-corrected chi connectivity index (χ1v) is 8.39. The van der Waals surface area contributed by atoms with E-state index in [1.807, 2.05) is 0 Å². The predicted molar refractivity (Wildman–Crippen MR) is 77.4 cm³/mol. The van der Waals surface area contributed by atoms with Crippen LogP contribution in [0.5, 0.6) is 0 Å². The second kappa shape index (κ2) is 6.02. The van der Waals surface area contributed by atoms with Crippen molar-refractivity contribution in [2.24, 2.45) is 17.9 Å². The average Bonchev–Trinajstić information content (AvgIpc) is 2.75. The largest absolute Gasteiger partial charge is 0.409 e. The molecule has 1 fully saturated rings. The number of aromatic nitrogens is 2. The number of nitrogens with one attached hydrogen (secondary N) is 1. The number of hydrogen-bond acceptors (Lipinski definition) is 5. The SMILES string of the molecule is Cn1cc(S(=O)(=O)NC2(C(N)=NO)CCCCCC2)cn1. The van der Waals surface area contributed by atoms with Crippen LogP contribution in [0, 0.1) is 0 Å². The van der Waals surface area contributed by atoms with E-state index in [0.29, 0.717) is 12.8 Å². The van der Waals surface area contributed by atoms with Crippen LogP contribution in [0.25, 0.3) is 0 Å². The van der Waals surface area contributed by atoms with Gasteiger partial charge in [0.1, 0.15) is 4.90 Å². The van der Waals surface area contributed by atoms with E-state index in [9.17, 15) is 8.42 Å². The topological polar surface area (TPSA) is 123 Å². The second-order valence-corrected chi connectivity index (χ2v) is 7.12. The minimum atomic E-state index is -3.77. The van der Waals surface area contributed by atoms with Crippen LogP contribution in [0.2, 0.25) is 0 Å². The Bertz CT molecular complexity index is 615. The molecule has 2 rings (SSSR count). The van der Waals surface area contributed by atoms with Gasteiger partial charge in [-0.15, -0.1) is 0 Å². The number of rotatable bonds is 4. The number of sulfonamides is 1. The summed E-state index contributed by atoms with van der Waals surface area (Å²) in [5.41, 5.74) is 4.77. The van der Waals surface area contributed by atoms with E-state index < -0.39 is 15.6 Å². The molecular weight excluding hydrogens is 294 g/mol. The minimum absolute atomic E-state index is 0.0689. The zero-order valence-corrected chi connectivity index (χ0v) is 12.8. The number of oxime groups is 1.